The van der Waals surface area contributed by atoms with Crippen LogP contribution in [-0.4, -0.2) is 7.05 Å². The maximum absolute atomic E-state index is 13.9. The Morgan fingerprint density at radius 3 is 2.53 bits per heavy atom. The molecule has 19 heavy (non-hydrogen) atoms. The SMILES string of the molecule is CNC(Cc1ccc(I)cc1)c1cc(Br)ccc1F. The van der Waals surface area contributed by atoms with Gasteiger partial charge in [0.25, 0.3) is 0 Å². The average molecular weight is 434 g/mol. The number of rotatable bonds is 4. The Bertz CT molecular complexity index is 557. The summed E-state index contributed by atoms with van der Waals surface area (Å²) in [6, 6.07) is 13.3. The minimum atomic E-state index is -0.173. The molecule has 0 bridgehead atoms. The monoisotopic (exact) mass is 433 g/mol. The number of hydrogen-bond acceptors (Lipinski definition) is 1. The van der Waals surface area contributed by atoms with E-state index < -0.39 is 0 Å². The Balaban J connectivity index is 2.24. The highest BCUT2D eigenvalue weighted by molar-refractivity contribution is 14.1. The van der Waals surface area contributed by atoms with Crippen LogP contribution in [0.25, 0.3) is 0 Å². The van der Waals surface area contributed by atoms with Crippen molar-refractivity contribution in [2.24, 2.45) is 0 Å². The Kier molecular flexibility index (Phi) is 5.36. The molecule has 0 fully saturated rings. The molecule has 0 aliphatic heterocycles. The Hall–Kier alpha value is -0.460. The first-order valence-corrected chi connectivity index (χ1v) is 7.84. The molecule has 1 N–H and O–H groups in total. The van der Waals surface area contributed by atoms with E-state index in [2.05, 4.69) is 68.1 Å². The molecule has 1 unspecified atom stereocenters. The van der Waals surface area contributed by atoms with Gasteiger partial charge in [0.05, 0.1) is 0 Å². The molecule has 0 saturated heterocycles. The summed E-state index contributed by atoms with van der Waals surface area (Å²) in [5.74, 6) is -0.173. The topological polar surface area (TPSA) is 12.0 Å². The molecule has 100 valence electrons. The third-order valence-corrected chi connectivity index (χ3v) is 4.25. The zero-order valence-electron chi connectivity index (χ0n) is 10.5. The molecule has 0 aliphatic rings. The van der Waals surface area contributed by atoms with E-state index in [0.717, 1.165) is 10.9 Å². The lowest BCUT2D eigenvalue weighted by Gasteiger charge is -2.18. The molecule has 0 aliphatic carbocycles. The van der Waals surface area contributed by atoms with Crippen LogP contribution in [0.4, 0.5) is 4.39 Å². The summed E-state index contributed by atoms with van der Waals surface area (Å²) in [6.07, 6.45) is 0.765. The molecule has 0 saturated carbocycles. The van der Waals surface area contributed by atoms with Gasteiger partial charge in [0, 0.05) is 19.6 Å². The highest BCUT2D eigenvalue weighted by Gasteiger charge is 2.15. The summed E-state index contributed by atoms with van der Waals surface area (Å²) < 4.78 is 16.0. The lowest BCUT2D eigenvalue weighted by molar-refractivity contribution is 0.533. The van der Waals surface area contributed by atoms with Crippen LogP contribution in [0.1, 0.15) is 17.2 Å². The van der Waals surface area contributed by atoms with Gasteiger partial charge < -0.3 is 5.32 Å². The van der Waals surface area contributed by atoms with Gasteiger partial charge in [-0.3, -0.25) is 0 Å². The fourth-order valence-corrected chi connectivity index (χ4v) is 2.74. The second kappa shape index (κ2) is 6.81. The van der Waals surface area contributed by atoms with Gasteiger partial charge in [-0.15, -0.1) is 0 Å². The van der Waals surface area contributed by atoms with Gasteiger partial charge in [0.2, 0.25) is 0 Å². The summed E-state index contributed by atoms with van der Waals surface area (Å²) >= 11 is 5.67. The van der Waals surface area contributed by atoms with E-state index in [0.29, 0.717) is 5.56 Å². The van der Waals surface area contributed by atoms with Crippen molar-refractivity contribution in [3.63, 3.8) is 0 Å². The fraction of sp³-hybridized carbons (Fsp3) is 0.200. The van der Waals surface area contributed by atoms with Crippen molar-refractivity contribution >= 4 is 38.5 Å². The summed E-state index contributed by atoms with van der Waals surface area (Å²) in [5.41, 5.74) is 1.88. The zero-order valence-corrected chi connectivity index (χ0v) is 14.2. The van der Waals surface area contributed by atoms with E-state index >= 15 is 0 Å². The van der Waals surface area contributed by atoms with E-state index in [-0.39, 0.29) is 11.9 Å². The van der Waals surface area contributed by atoms with Crippen molar-refractivity contribution in [2.75, 3.05) is 7.05 Å². The van der Waals surface area contributed by atoms with Crippen molar-refractivity contribution in [3.8, 4) is 0 Å². The minimum Gasteiger partial charge on any atom is -0.313 e. The molecule has 0 amide bonds. The van der Waals surface area contributed by atoms with E-state index in [4.69, 9.17) is 0 Å². The minimum absolute atomic E-state index is 0.0300. The first-order chi connectivity index (χ1) is 9.10. The van der Waals surface area contributed by atoms with Gasteiger partial charge in [-0.2, -0.15) is 0 Å². The van der Waals surface area contributed by atoms with Gasteiger partial charge in [-0.25, -0.2) is 4.39 Å². The highest BCUT2D eigenvalue weighted by Crippen LogP contribution is 2.24. The molecule has 0 radical (unpaired) electrons. The normalized spacial score (nSPS) is 12.4. The fourth-order valence-electron chi connectivity index (χ4n) is 2.01. The maximum atomic E-state index is 13.9. The lowest BCUT2D eigenvalue weighted by Crippen LogP contribution is -2.20. The Labute approximate surface area is 134 Å². The van der Waals surface area contributed by atoms with E-state index in [1.165, 1.54) is 15.2 Å². The van der Waals surface area contributed by atoms with Crippen molar-refractivity contribution in [3.05, 3.63) is 67.5 Å². The van der Waals surface area contributed by atoms with Crippen LogP contribution in [0.2, 0.25) is 0 Å². The summed E-state index contributed by atoms with van der Waals surface area (Å²) in [4.78, 5) is 0. The molecule has 0 heterocycles. The van der Waals surface area contributed by atoms with Crippen molar-refractivity contribution in [2.45, 2.75) is 12.5 Å². The predicted octanol–water partition coefficient (Wildman–Crippen LogP) is 4.70. The Morgan fingerprint density at radius 2 is 1.89 bits per heavy atom. The van der Waals surface area contributed by atoms with Gasteiger partial charge >= 0.3 is 0 Å². The summed E-state index contributed by atoms with van der Waals surface area (Å²) in [6.45, 7) is 0. The molecule has 1 nitrogen and oxygen atoms in total. The van der Waals surface area contributed by atoms with Crippen LogP contribution in [0, 0.1) is 9.39 Å². The molecule has 2 aromatic rings. The molecule has 2 rings (SSSR count). The van der Waals surface area contributed by atoms with Crippen LogP contribution in [-0.2, 0) is 6.42 Å². The number of likely N-dealkylation sites (N-methyl/N-ethyl adjacent to an activating group) is 1. The Morgan fingerprint density at radius 1 is 1.21 bits per heavy atom. The standard InChI is InChI=1S/C15H14BrFIN/c1-19-15(8-10-2-5-12(18)6-3-10)13-9-11(16)4-7-14(13)17/h2-7,9,15,19H,8H2,1H3. The molecule has 1 atom stereocenters. The molecule has 2 aromatic carbocycles. The number of halogens is 3. The van der Waals surface area contributed by atoms with Crippen LogP contribution >= 0.6 is 38.5 Å². The highest BCUT2D eigenvalue weighted by atomic mass is 127. The second-order valence-corrected chi connectivity index (χ2v) is 6.50. The zero-order chi connectivity index (χ0) is 13.8. The quantitative estimate of drug-likeness (QED) is 0.689. The molecular formula is C15H14BrFIN. The number of nitrogens with one attached hydrogen (secondary N) is 1. The van der Waals surface area contributed by atoms with E-state index in [9.17, 15) is 4.39 Å². The van der Waals surface area contributed by atoms with E-state index in [1.807, 2.05) is 13.1 Å². The first kappa shape index (κ1) is 14.9. The second-order valence-electron chi connectivity index (χ2n) is 4.34. The number of hydrogen-bond donors (Lipinski definition) is 1. The van der Waals surface area contributed by atoms with Gasteiger partial charge in [-0.1, -0.05) is 28.1 Å². The average Bonchev–Trinajstić information content (AvgIpc) is 2.41. The van der Waals surface area contributed by atoms with Gasteiger partial charge in [0.1, 0.15) is 5.82 Å². The predicted molar refractivity (Wildman–Crippen MR) is 88.8 cm³/mol. The van der Waals surface area contributed by atoms with Crippen LogP contribution in [0.3, 0.4) is 0 Å². The molecule has 0 spiro atoms. The molecular weight excluding hydrogens is 420 g/mol. The van der Waals surface area contributed by atoms with Crippen LogP contribution in [0.5, 0.6) is 0 Å². The largest absolute Gasteiger partial charge is 0.313 e. The van der Waals surface area contributed by atoms with Crippen molar-refractivity contribution in [1.29, 1.82) is 0 Å². The maximum Gasteiger partial charge on any atom is 0.128 e. The van der Waals surface area contributed by atoms with Crippen LogP contribution in [0.15, 0.2) is 46.9 Å². The van der Waals surface area contributed by atoms with Crippen LogP contribution < -0.4 is 5.32 Å². The third kappa shape index (κ3) is 4.00. The third-order valence-electron chi connectivity index (χ3n) is 3.04. The lowest BCUT2D eigenvalue weighted by atomic mass is 9.98. The van der Waals surface area contributed by atoms with Gasteiger partial charge in [-0.05, 0) is 72.0 Å². The van der Waals surface area contributed by atoms with E-state index in [1.54, 1.807) is 6.07 Å². The first-order valence-electron chi connectivity index (χ1n) is 5.97. The van der Waals surface area contributed by atoms with Crippen molar-refractivity contribution < 1.29 is 4.39 Å². The number of benzene rings is 2. The van der Waals surface area contributed by atoms with Crippen molar-refractivity contribution in [1.82, 2.24) is 5.32 Å². The molecule has 4 heteroatoms. The van der Waals surface area contributed by atoms with Gasteiger partial charge in [0.15, 0.2) is 0 Å². The smallest absolute Gasteiger partial charge is 0.128 e. The summed E-state index contributed by atoms with van der Waals surface area (Å²) in [5, 5.41) is 3.19. The molecule has 0 aromatic heterocycles. The summed E-state index contributed by atoms with van der Waals surface area (Å²) in [7, 11) is 1.86.